The Hall–Kier alpha value is -3.87. The van der Waals surface area contributed by atoms with Crippen molar-refractivity contribution in [3.8, 4) is 22.3 Å². The first-order valence-corrected chi connectivity index (χ1v) is 10.1. The van der Waals surface area contributed by atoms with Gasteiger partial charge in [-0.25, -0.2) is 0 Å². The molecule has 0 aliphatic rings. The van der Waals surface area contributed by atoms with Crippen LogP contribution in [-0.4, -0.2) is 5.78 Å². The van der Waals surface area contributed by atoms with Crippen LogP contribution >= 0.6 is 0 Å². The minimum absolute atomic E-state index is 0.252. The average Bonchev–Trinajstić information content (AvgIpc) is 2.83. The maximum Gasteiger partial charge on any atom is 0.416 e. The third-order valence-electron chi connectivity index (χ3n) is 5.39. The molecule has 0 spiro atoms. The summed E-state index contributed by atoms with van der Waals surface area (Å²) in [6.07, 6.45) is -8.81. The highest BCUT2D eigenvalue weighted by molar-refractivity contribution is 6.09. The highest BCUT2D eigenvalue weighted by atomic mass is 19.4. The number of alkyl halides is 6. The summed E-state index contributed by atoms with van der Waals surface area (Å²) in [7, 11) is 0. The van der Waals surface area contributed by atoms with Crippen LogP contribution in [0.1, 0.15) is 27.0 Å². The number of hydrogen-bond acceptors (Lipinski definition) is 1. The van der Waals surface area contributed by atoms with Gasteiger partial charge >= 0.3 is 12.4 Å². The van der Waals surface area contributed by atoms with Crippen LogP contribution in [0.3, 0.4) is 0 Å². The molecule has 0 fully saturated rings. The summed E-state index contributed by atoms with van der Waals surface area (Å²) < 4.78 is 76.4. The summed E-state index contributed by atoms with van der Waals surface area (Å²) in [4.78, 5) is 12.8. The van der Waals surface area contributed by atoms with Gasteiger partial charge in [0.25, 0.3) is 0 Å². The molecule has 0 unspecified atom stereocenters. The number of carbonyl (C=O) groups excluding carboxylic acids is 1. The molecule has 34 heavy (non-hydrogen) atoms. The van der Waals surface area contributed by atoms with Crippen LogP contribution in [0, 0.1) is 0 Å². The van der Waals surface area contributed by atoms with Gasteiger partial charge in [-0.1, -0.05) is 72.8 Å². The van der Waals surface area contributed by atoms with Gasteiger partial charge in [0, 0.05) is 11.1 Å². The van der Waals surface area contributed by atoms with Crippen molar-refractivity contribution in [1.29, 1.82) is 0 Å². The smallest absolute Gasteiger partial charge is 0.289 e. The quantitative estimate of drug-likeness (QED) is 0.217. The lowest BCUT2D eigenvalue weighted by atomic mass is 9.97. The minimum Gasteiger partial charge on any atom is -0.289 e. The molecule has 0 aromatic heterocycles. The molecule has 0 saturated heterocycles. The first-order chi connectivity index (χ1) is 16.0. The fraction of sp³-hybridized carbons (Fsp3) is 0.0741. The van der Waals surface area contributed by atoms with Gasteiger partial charge in [-0.15, -0.1) is 0 Å². The van der Waals surface area contributed by atoms with E-state index in [1.165, 1.54) is 24.3 Å². The Kier molecular flexibility index (Phi) is 6.04. The Balaban J connectivity index is 1.49. The topological polar surface area (TPSA) is 17.1 Å². The second kappa shape index (κ2) is 8.82. The van der Waals surface area contributed by atoms with Crippen molar-refractivity contribution < 1.29 is 31.1 Å². The van der Waals surface area contributed by atoms with Crippen molar-refractivity contribution in [1.82, 2.24) is 0 Å². The molecule has 0 aliphatic carbocycles. The van der Waals surface area contributed by atoms with Gasteiger partial charge in [0.1, 0.15) is 0 Å². The minimum atomic E-state index is -4.41. The number of ketones is 1. The second-order valence-electron chi connectivity index (χ2n) is 7.63. The van der Waals surface area contributed by atoms with Crippen molar-refractivity contribution >= 4 is 5.78 Å². The maximum absolute atomic E-state index is 12.8. The van der Waals surface area contributed by atoms with Crippen LogP contribution in [0.5, 0.6) is 0 Å². The number of carbonyl (C=O) groups is 1. The van der Waals surface area contributed by atoms with E-state index in [2.05, 4.69) is 0 Å². The Bertz CT molecular complexity index is 1180. The predicted molar refractivity (Wildman–Crippen MR) is 117 cm³/mol. The van der Waals surface area contributed by atoms with Crippen molar-refractivity contribution in [2.75, 3.05) is 0 Å². The number of hydrogen-bond donors (Lipinski definition) is 0. The lowest BCUT2D eigenvalue weighted by Gasteiger charge is -2.09. The van der Waals surface area contributed by atoms with Crippen molar-refractivity contribution in [3.05, 3.63) is 119 Å². The van der Waals surface area contributed by atoms with Gasteiger partial charge in [0.05, 0.1) is 11.1 Å². The fourth-order valence-corrected chi connectivity index (χ4v) is 3.50. The molecular formula is C27H16F6O. The highest BCUT2D eigenvalue weighted by Crippen LogP contribution is 2.32. The van der Waals surface area contributed by atoms with E-state index in [1.54, 1.807) is 48.5 Å². The Labute approximate surface area is 191 Å². The highest BCUT2D eigenvalue weighted by Gasteiger charge is 2.30. The van der Waals surface area contributed by atoms with Crippen LogP contribution < -0.4 is 0 Å². The molecule has 0 saturated carbocycles. The molecule has 7 heteroatoms. The summed E-state index contributed by atoms with van der Waals surface area (Å²) in [6, 6.07) is 22.5. The van der Waals surface area contributed by atoms with E-state index in [1.807, 2.05) is 0 Å². The van der Waals surface area contributed by atoms with E-state index in [0.717, 1.165) is 24.3 Å². The van der Waals surface area contributed by atoms with Crippen LogP contribution in [0.15, 0.2) is 97.1 Å². The summed E-state index contributed by atoms with van der Waals surface area (Å²) >= 11 is 0. The zero-order chi connectivity index (χ0) is 24.5. The summed E-state index contributed by atoms with van der Waals surface area (Å²) in [5.74, 6) is -0.252. The fourth-order valence-electron chi connectivity index (χ4n) is 3.50. The van der Waals surface area contributed by atoms with E-state index in [-0.39, 0.29) is 5.78 Å². The van der Waals surface area contributed by atoms with Crippen molar-refractivity contribution in [2.45, 2.75) is 12.4 Å². The monoisotopic (exact) mass is 470 g/mol. The molecule has 4 aromatic rings. The second-order valence-corrected chi connectivity index (χ2v) is 7.63. The van der Waals surface area contributed by atoms with E-state index >= 15 is 0 Å². The predicted octanol–water partition coefficient (Wildman–Crippen LogP) is 8.29. The lowest BCUT2D eigenvalue weighted by Crippen LogP contribution is -2.04. The Morgan fingerprint density at radius 2 is 0.647 bits per heavy atom. The molecular weight excluding hydrogens is 454 g/mol. The molecule has 4 rings (SSSR count). The molecule has 0 aliphatic heterocycles. The van der Waals surface area contributed by atoms with E-state index in [9.17, 15) is 31.1 Å². The third kappa shape index (κ3) is 5.03. The normalized spacial score (nSPS) is 11.9. The van der Waals surface area contributed by atoms with E-state index in [0.29, 0.717) is 33.4 Å². The van der Waals surface area contributed by atoms with Crippen molar-refractivity contribution in [2.24, 2.45) is 0 Å². The largest absolute Gasteiger partial charge is 0.416 e. The van der Waals surface area contributed by atoms with Crippen LogP contribution in [0.25, 0.3) is 22.3 Å². The van der Waals surface area contributed by atoms with E-state index < -0.39 is 23.5 Å². The molecule has 0 atom stereocenters. The first kappa shape index (κ1) is 23.3. The molecule has 1 nitrogen and oxygen atoms in total. The van der Waals surface area contributed by atoms with Crippen LogP contribution in [-0.2, 0) is 12.4 Å². The Morgan fingerprint density at radius 3 is 0.882 bits per heavy atom. The summed E-state index contributed by atoms with van der Waals surface area (Å²) in [5, 5.41) is 0. The first-order valence-electron chi connectivity index (χ1n) is 10.1. The standard InChI is InChI=1S/C27H16F6O/c28-26(29,30)23-13-9-19(10-14-23)17-1-5-21(6-2-17)25(34)22-7-3-18(4-8-22)20-11-15-24(16-12-20)27(31,32)33/h1-16H. The Morgan fingerprint density at radius 1 is 0.412 bits per heavy atom. The molecule has 0 bridgehead atoms. The molecule has 0 heterocycles. The maximum atomic E-state index is 12.8. The van der Waals surface area contributed by atoms with Gasteiger partial charge in [-0.3, -0.25) is 4.79 Å². The lowest BCUT2D eigenvalue weighted by molar-refractivity contribution is -0.138. The number of halogens is 6. The van der Waals surface area contributed by atoms with Gasteiger partial charge in [-0.05, 0) is 46.5 Å². The van der Waals surface area contributed by atoms with E-state index in [4.69, 9.17) is 0 Å². The van der Waals surface area contributed by atoms with Crippen molar-refractivity contribution in [3.63, 3.8) is 0 Å². The van der Waals surface area contributed by atoms with Gasteiger partial charge < -0.3 is 0 Å². The van der Waals surface area contributed by atoms with Crippen LogP contribution in [0.4, 0.5) is 26.3 Å². The summed E-state index contributed by atoms with van der Waals surface area (Å²) in [6.45, 7) is 0. The molecule has 172 valence electrons. The average molecular weight is 470 g/mol. The zero-order valence-electron chi connectivity index (χ0n) is 17.4. The SMILES string of the molecule is O=C(c1ccc(-c2ccc(C(F)(F)F)cc2)cc1)c1ccc(-c2ccc(C(F)(F)F)cc2)cc1. The summed E-state index contributed by atoms with van der Waals surface area (Å²) in [5.41, 5.74) is 1.85. The molecule has 4 aromatic carbocycles. The zero-order valence-corrected chi connectivity index (χ0v) is 17.4. The van der Waals surface area contributed by atoms with Gasteiger partial charge in [-0.2, -0.15) is 26.3 Å². The number of rotatable bonds is 4. The number of benzene rings is 4. The molecule has 0 amide bonds. The third-order valence-corrected chi connectivity index (χ3v) is 5.39. The van der Waals surface area contributed by atoms with Crippen LogP contribution in [0.2, 0.25) is 0 Å². The molecule has 0 N–H and O–H groups in total. The molecule has 0 radical (unpaired) electrons. The van der Waals surface area contributed by atoms with Gasteiger partial charge in [0.15, 0.2) is 5.78 Å². The van der Waals surface area contributed by atoms with Gasteiger partial charge in [0.2, 0.25) is 0 Å².